The van der Waals surface area contributed by atoms with Crippen molar-refractivity contribution in [2.75, 3.05) is 5.32 Å². The SMILES string of the molecule is Cc1ccc([N+](=O)[O-])cc1NC(=O)c1ccc(CNC(=O)C2CC2)cc1. The largest absolute Gasteiger partial charge is 0.352 e. The van der Waals surface area contributed by atoms with Crippen LogP contribution in [0.3, 0.4) is 0 Å². The molecule has 1 fully saturated rings. The van der Waals surface area contributed by atoms with E-state index >= 15 is 0 Å². The van der Waals surface area contributed by atoms with Crippen LogP contribution in [0.4, 0.5) is 11.4 Å². The van der Waals surface area contributed by atoms with E-state index in [0.717, 1.165) is 24.0 Å². The maximum atomic E-state index is 12.4. The number of nitro benzene ring substituents is 1. The van der Waals surface area contributed by atoms with Gasteiger partial charge in [0.2, 0.25) is 5.91 Å². The molecule has 0 unspecified atom stereocenters. The molecule has 0 atom stereocenters. The Labute approximate surface area is 150 Å². The summed E-state index contributed by atoms with van der Waals surface area (Å²) in [6.07, 6.45) is 1.92. The number of nitrogens with one attached hydrogen (secondary N) is 2. The van der Waals surface area contributed by atoms with Crippen LogP contribution >= 0.6 is 0 Å². The molecule has 3 rings (SSSR count). The molecule has 0 aromatic heterocycles. The first-order valence-corrected chi connectivity index (χ1v) is 8.37. The lowest BCUT2D eigenvalue weighted by Gasteiger charge is -2.09. The first kappa shape index (κ1) is 17.6. The van der Waals surface area contributed by atoms with Gasteiger partial charge in [-0.1, -0.05) is 18.2 Å². The number of non-ortho nitro benzene ring substituents is 1. The second kappa shape index (κ2) is 7.35. The number of rotatable bonds is 6. The molecule has 0 spiro atoms. The molecular weight excluding hydrogens is 334 g/mol. The van der Waals surface area contributed by atoms with Gasteiger partial charge in [-0.2, -0.15) is 0 Å². The summed E-state index contributed by atoms with van der Waals surface area (Å²) in [5.74, 6) is -0.103. The van der Waals surface area contributed by atoms with E-state index in [0.29, 0.717) is 17.8 Å². The minimum Gasteiger partial charge on any atom is -0.352 e. The van der Waals surface area contributed by atoms with Crippen LogP contribution in [-0.2, 0) is 11.3 Å². The van der Waals surface area contributed by atoms with Crippen LogP contribution in [0.15, 0.2) is 42.5 Å². The lowest BCUT2D eigenvalue weighted by Crippen LogP contribution is -2.24. The van der Waals surface area contributed by atoms with Crippen molar-refractivity contribution in [1.82, 2.24) is 5.32 Å². The monoisotopic (exact) mass is 353 g/mol. The number of anilines is 1. The smallest absolute Gasteiger partial charge is 0.271 e. The van der Waals surface area contributed by atoms with Gasteiger partial charge in [0.05, 0.1) is 10.6 Å². The summed E-state index contributed by atoms with van der Waals surface area (Å²) in [6.45, 7) is 2.20. The van der Waals surface area contributed by atoms with Crippen LogP contribution in [0, 0.1) is 23.0 Å². The highest BCUT2D eigenvalue weighted by atomic mass is 16.6. The zero-order valence-electron chi connectivity index (χ0n) is 14.3. The van der Waals surface area contributed by atoms with Crippen molar-refractivity contribution in [2.24, 2.45) is 5.92 Å². The Morgan fingerprint density at radius 3 is 2.46 bits per heavy atom. The van der Waals surface area contributed by atoms with Crippen LogP contribution in [0.5, 0.6) is 0 Å². The van der Waals surface area contributed by atoms with Crippen molar-refractivity contribution in [1.29, 1.82) is 0 Å². The Morgan fingerprint density at radius 2 is 1.85 bits per heavy atom. The van der Waals surface area contributed by atoms with Gasteiger partial charge in [-0.15, -0.1) is 0 Å². The topological polar surface area (TPSA) is 101 Å². The summed E-state index contributed by atoms with van der Waals surface area (Å²) >= 11 is 0. The van der Waals surface area contributed by atoms with E-state index in [1.807, 2.05) is 0 Å². The molecule has 26 heavy (non-hydrogen) atoms. The second-order valence-corrected chi connectivity index (χ2v) is 6.40. The number of carbonyl (C=O) groups excluding carboxylic acids is 2. The van der Waals surface area contributed by atoms with Gasteiger partial charge in [0.25, 0.3) is 11.6 Å². The molecule has 0 radical (unpaired) electrons. The molecule has 0 saturated heterocycles. The molecule has 134 valence electrons. The van der Waals surface area contributed by atoms with Crippen molar-refractivity contribution in [3.05, 3.63) is 69.3 Å². The Hall–Kier alpha value is -3.22. The molecule has 0 bridgehead atoms. The van der Waals surface area contributed by atoms with E-state index < -0.39 is 4.92 Å². The number of benzene rings is 2. The maximum Gasteiger partial charge on any atom is 0.271 e. The van der Waals surface area contributed by atoms with Crippen LogP contribution < -0.4 is 10.6 Å². The molecule has 1 aliphatic rings. The average molecular weight is 353 g/mol. The van der Waals surface area contributed by atoms with E-state index in [1.54, 1.807) is 37.3 Å². The van der Waals surface area contributed by atoms with Crippen LogP contribution in [-0.4, -0.2) is 16.7 Å². The predicted molar refractivity (Wildman–Crippen MR) is 96.8 cm³/mol. The fraction of sp³-hybridized carbons (Fsp3) is 0.263. The maximum absolute atomic E-state index is 12.4. The normalized spacial score (nSPS) is 13.1. The van der Waals surface area contributed by atoms with E-state index in [4.69, 9.17) is 0 Å². The van der Waals surface area contributed by atoms with Crippen molar-refractivity contribution in [3.63, 3.8) is 0 Å². The zero-order chi connectivity index (χ0) is 18.7. The van der Waals surface area contributed by atoms with E-state index in [9.17, 15) is 19.7 Å². The van der Waals surface area contributed by atoms with Gasteiger partial charge in [0, 0.05) is 30.2 Å². The molecule has 2 aromatic carbocycles. The molecule has 2 aromatic rings. The molecule has 2 amide bonds. The Kier molecular flexibility index (Phi) is 4.97. The summed E-state index contributed by atoms with van der Waals surface area (Å²) in [5, 5.41) is 16.4. The van der Waals surface area contributed by atoms with E-state index in [-0.39, 0.29) is 23.4 Å². The molecule has 1 saturated carbocycles. The van der Waals surface area contributed by atoms with Crippen LogP contribution in [0.2, 0.25) is 0 Å². The van der Waals surface area contributed by atoms with Crippen LogP contribution in [0.1, 0.15) is 34.3 Å². The molecular formula is C19H19N3O4. The summed E-state index contributed by atoms with van der Waals surface area (Å²) in [4.78, 5) is 34.4. The highest BCUT2D eigenvalue weighted by Crippen LogP contribution is 2.28. The number of nitro groups is 1. The van der Waals surface area contributed by atoms with Crippen molar-refractivity contribution < 1.29 is 14.5 Å². The predicted octanol–water partition coefficient (Wildman–Crippen LogP) is 3.18. The summed E-state index contributed by atoms with van der Waals surface area (Å²) < 4.78 is 0. The van der Waals surface area contributed by atoms with Crippen molar-refractivity contribution >= 4 is 23.2 Å². The van der Waals surface area contributed by atoms with Crippen LogP contribution in [0.25, 0.3) is 0 Å². The molecule has 7 nitrogen and oxygen atoms in total. The number of hydrogen-bond acceptors (Lipinski definition) is 4. The highest BCUT2D eigenvalue weighted by molar-refractivity contribution is 6.04. The zero-order valence-corrected chi connectivity index (χ0v) is 14.3. The number of hydrogen-bond donors (Lipinski definition) is 2. The Balaban J connectivity index is 1.63. The molecule has 7 heteroatoms. The lowest BCUT2D eigenvalue weighted by atomic mass is 10.1. The second-order valence-electron chi connectivity index (χ2n) is 6.40. The summed E-state index contributed by atoms with van der Waals surface area (Å²) in [6, 6.07) is 11.2. The molecule has 0 aliphatic heterocycles. The van der Waals surface area contributed by atoms with Gasteiger partial charge in [0.1, 0.15) is 0 Å². The fourth-order valence-electron chi connectivity index (χ4n) is 2.51. The molecule has 0 heterocycles. The number of nitrogens with zero attached hydrogens (tertiary/aromatic N) is 1. The molecule has 1 aliphatic carbocycles. The minimum atomic E-state index is -0.500. The number of carbonyl (C=O) groups is 2. The third-order valence-electron chi connectivity index (χ3n) is 4.31. The average Bonchev–Trinajstić information content (AvgIpc) is 3.47. The highest BCUT2D eigenvalue weighted by Gasteiger charge is 2.29. The third-order valence-corrected chi connectivity index (χ3v) is 4.31. The van der Waals surface area contributed by atoms with Gasteiger partial charge < -0.3 is 10.6 Å². The standard InChI is InChI=1S/C19H19N3O4/c1-12-2-9-16(22(25)26)10-17(12)21-19(24)15-5-3-13(4-6-15)11-20-18(23)14-7-8-14/h2-6,9-10,14H,7-8,11H2,1H3,(H,20,23)(H,21,24). The first-order chi connectivity index (χ1) is 12.4. The number of aryl methyl sites for hydroxylation is 1. The minimum absolute atomic E-state index is 0.0762. The van der Waals surface area contributed by atoms with Crippen molar-refractivity contribution in [2.45, 2.75) is 26.3 Å². The lowest BCUT2D eigenvalue weighted by molar-refractivity contribution is -0.384. The van der Waals surface area contributed by atoms with Gasteiger partial charge >= 0.3 is 0 Å². The van der Waals surface area contributed by atoms with Gasteiger partial charge in [-0.3, -0.25) is 19.7 Å². The van der Waals surface area contributed by atoms with Gasteiger partial charge in [0.15, 0.2) is 0 Å². The quantitative estimate of drug-likeness (QED) is 0.615. The van der Waals surface area contributed by atoms with Gasteiger partial charge in [-0.05, 0) is 43.0 Å². The number of amides is 2. The molecule has 2 N–H and O–H groups in total. The first-order valence-electron chi connectivity index (χ1n) is 8.37. The Bertz CT molecular complexity index is 858. The van der Waals surface area contributed by atoms with E-state index in [2.05, 4.69) is 10.6 Å². The van der Waals surface area contributed by atoms with Gasteiger partial charge in [-0.25, -0.2) is 0 Å². The summed E-state index contributed by atoms with van der Waals surface area (Å²) in [7, 11) is 0. The van der Waals surface area contributed by atoms with Crippen molar-refractivity contribution in [3.8, 4) is 0 Å². The fourth-order valence-corrected chi connectivity index (χ4v) is 2.51. The Morgan fingerprint density at radius 1 is 1.15 bits per heavy atom. The van der Waals surface area contributed by atoms with E-state index in [1.165, 1.54) is 12.1 Å². The summed E-state index contributed by atoms with van der Waals surface area (Å²) in [5.41, 5.74) is 2.41. The third kappa shape index (κ3) is 4.24.